The van der Waals surface area contributed by atoms with E-state index in [0.29, 0.717) is 13.2 Å². The van der Waals surface area contributed by atoms with Gasteiger partial charge in [-0.15, -0.1) is 0 Å². The third kappa shape index (κ3) is 3.99. The molecule has 3 heteroatoms. The van der Waals surface area contributed by atoms with Crippen LogP contribution in [-0.4, -0.2) is 30.0 Å². The van der Waals surface area contributed by atoms with E-state index < -0.39 is 0 Å². The van der Waals surface area contributed by atoms with Gasteiger partial charge in [0.15, 0.2) is 0 Å². The van der Waals surface area contributed by atoms with E-state index in [9.17, 15) is 4.79 Å². The zero-order valence-corrected chi connectivity index (χ0v) is 13.6. The Bertz CT molecular complexity index is 654. The molecule has 0 bridgehead atoms. The van der Waals surface area contributed by atoms with Crippen molar-refractivity contribution in [2.75, 3.05) is 13.1 Å². The summed E-state index contributed by atoms with van der Waals surface area (Å²) in [5, 5.41) is 0. The van der Waals surface area contributed by atoms with Gasteiger partial charge in [-0.25, -0.2) is 0 Å². The van der Waals surface area contributed by atoms with Crippen LogP contribution in [0.2, 0.25) is 0 Å². The van der Waals surface area contributed by atoms with E-state index in [2.05, 4.69) is 19.1 Å². The third-order valence-electron chi connectivity index (χ3n) is 4.42. The minimum absolute atomic E-state index is 0.106. The lowest BCUT2D eigenvalue weighted by Gasteiger charge is -2.33. The molecule has 2 aromatic carbocycles. The summed E-state index contributed by atoms with van der Waals surface area (Å²) < 4.78 is 6.07. The first-order chi connectivity index (χ1) is 11.2. The second-order valence-electron chi connectivity index (χ2n) is 6.12. The molecule has 2 aromatic rings. The Morgan fingerprint density at radius 3 is 2.65 bits per heavy atom. The summed E-state index contributed by atoms with van der Waals surface area (Å²) in [6.07, 6.45) is 2.14. The van der Waals surface area contributed by atoms with Crippen LogP contribution < -0.4 is 0 Å². The molecule has 1 heterocycles. The van der Waals surface area contributed by atoms with Crippen LogP contribution in [0.4, 0.5) is 0 Å². The van der Waals surface area contributed by atoms with Crippen LogP contribution in [0.25, 0.3) is 0 Å². The average molecular weight is 309 g/mol. The third-order valence-corrected chi connectivity index (χ3v) is 4.42. The number of hydrogen-bond acceptors (Lipinski definition) is 2. The number of nitrogens with zero attached hydrogens (tertiary/aromatic N) is 1. The minimum atomic E-state index is 0.106. The van der Waals surface area contributed by atoms with E-state index in [4.69, 9.17) is 4.74 Å². The van der Waals surface area contributed by atoms with Crippen molar-refractivity contribution in [3.8, 4) is 0 Å². The molecule has 1 amide bonds. The van der Waals surface area contributed by atoms with Crippen molar-refractivity contribution < 1.29 is 9.53 Å². The minimum Gasteiger partial charge on any atom is -0.372 e. The first kappa shape index (κ1) is 15.8. The number of ether oxygens (including phenoxy) is 1. The molecule has 23 heavy (non-hydrogen) atoms. The monoisotopic (exact) mass is 309 g/mol. The number of amides is 1. The molecule has 0 spiro atoms. The van der Waals surface area contributed by atoms with E-state index in [1.54, 1.807) is 0 Å². The predicted octanol–water partition coefficient (Wildman–Crippen LogP) is 3.82. The van der Waals surface area contributed by atoms with Crippen molar-refractivity contribution in [3.05, 3.63) is 71.3 Å². The summed E-state index contributed by atoms with van der Waals surface area (Å²) in [7, 11) is 0. The van der Waals surface area contributed by atoms with Gasteiger partial charge < -0.3 is 9.64 Å². The van der Waals surface area contributed by atoms with Gasteiger partial charge in [0.25, 0.3) is 5.91 Å². The Morgan fingerprint density at radius 1 is 1.13 bits per heavy atom. The highest BCUT2D eigenvalue weighted by Gasteiger charge is 2.24. The molecule has 1 unspecified atom stereocenters. The van der Waals surface area contributed by atoms with Crippen LogP contribution in [0, 0.1) is 6.92 Å². The number of piperidine rings is 1. The van der Waals surface area contributed by atoms with Gasteiger partial charge in [-0.1, -0.05) is 42.5 Å². The van der Waals surface area contributed by atoms with Crippen molar-refractivity contribution in [1.82, 2.24) is 4.90 Å². The van der Waals surface area contributed by atoms with Gasteiger partial charge in [0.1, 0.15) is 0 Å². The van der Waals surface area contributed by atoms with Gasteiger partial charge in [-0.2, -0.15) is 0 Å². The molecule has 3 nitrogen and oxygen atoms in total. The summed E-state index contributed by atoms with van der Waals surface area (Å²) in [6, 6.07) is 17.8. The lowest BCUT2D eigenvalue weighted by atomic mass is 10.1. The smallest absolute Gasteiger partial charge is 0.253 e. The normalized spacial score (nSPS) is 18.0. The Hall–Kier alpha value is -2.13. The van der Waals surface area contributed by atoms with E-state index in [-0.39, 0.29) is 12.0 Å². The van der Waals surface area contributed by atoms with Crippen LogP contribution in [0.1, 0.15) is 34.3 Å². The number of rotatable bonds is 4. The number of benzene rings is 2. The topological polar surface area (TPSA) is 29.5 Å². The van der Waals surface area contributed by atoms with Crippen LogP contribution in [-0.2, 0) is 11.3 Å². The van der Waals surface area contributed by atoms with Crippen LogP contribution >= 0.6 is 0 Å². The largest absolute Gasteiger partial charge is 0.372 e. The summed E-state index contributed by atoms with van der Waals surface area (Å²) in [4.78, 5) is 14.5. The molecule has 0 radical (unpaired) electrons. The maximum absolute atomic E-state index is 12.5. The maximum atomic E-state index is 12.5. The van der Waals surface area contributed by atoms with Crippen LogP contribution in [0.15, 0.2) is 54.6 Å². The molecule has 0 aromatic heterocycles. The van der Waals surface area contributed by atoms with Crippen LogP contribution in [0.5, 0.6) is 0 Å². The number of carbonyl (C=O) groups is 1. The standard InChI is InChI=1S/C20H23NO2/c1-16-8-5-6-11-18(16)15-23-19-12-7-13-21(14-19)20(22)17-9-3-2-4-10-17/h2-6,8-11,19H,7,12-15H2,1H3. The van der Waals surface area contributed by atoms with Crippen molar-refractivity contribution in [2.24, 2.45) is 0 Å². The molecule has 1 aliphatic heterocycles. The Kier molecular flexibility index (Phi) is 5.09. The van der Waals surface area contributed by atoms with Gasteiger partial charge in [0.05, 0.1) is 12.7 Å². The molecule has 0 saturated carbocycles. The summed E-state index contributed by atoms with van der Waals surface area (Å²) >= 11 is 0. The Balaban J connectivity index is 1.58. The highest BCUT2D eigenvalue weighted by molar-refractivity contribution is 5.94. The Morgan fingerprint density at radius 2 is 1.87 bits per heavy atom. The second kappa shape index (κ2) is 7.42. The fourth-order valence-electron chi connectivity index (χ4n) is 3.00. The summed E-state index contributed by atoms with van der Waals surface area (Å²) in [6.45, 7) is 4.22. The molecule has 1 saturated heterocycles. The van der Waals surface area contributed by atoms with Gasteiger partial charge in [0, 0.05) is 18.7 Å². The summed E-state index contributed by atoms with van der Waals surface area (Å²) in [5.74, 6) is 0.106. The second-order valence-corrected chi connectivity index (χ2v) is 6.12. The number of aryl methyl sites for hydroxylation is 1. The summed E-state index contributed by atoms with van der Waals surface area (Å²) in [5.41, 5.74) is 3.23. The predicted molar refractivity (Wildman–Crippen MR) is 91.3 cm³/mol. The molecule has 1 fully saturated rings. The molecule has 120 valence electrons. The highest BCUT2D eigenvalue weighted by Crippen LogP contribution is 2.18. The van der Waals surface area contributed by atoms with Gasteiger partial charge in [0.2, 0.25) is 0 Å². The zero-order valence-electron chi connectivity index (χ0n) is 13.6. The van der Waals surface area contributed by atoms with Crippen molar-refractivity contribution in [2.45, 2.75) is 32.5 Å². The van der Waals surface area contributed by atoms with Gasteiger partial charge >= 0.3 is 0 Å². The SMILES string of the molecule is Cc1ccccc1COC1CCCN(C(=O)c2ccccc2)C1. The first-order valence-corrected chi connectivity index (χ1v) is 8.24. The van der Waals surface area contributed by atoms with E-state index in [1.807, 2.05) is 47.4 Å². The molecule has 0 N–H and O–H groups in total. The molecular weight excluding hydrogens is 286 g/mol. The van der Waals surface area contributed by atoms with E-state index >= 15 is 0 Å². The lowest BCUT2D eigenvalue weighted by molar-refractivity contribution is -0.00688. The lowest BCUT2D eigenvalue weighted by Crippen LogP contribution is -2.43. The molecule has 1 aliphatic rings. The van der Waals surface area contributed by atoms with Gasteiger partial charge in [-0.3, -0.25) is 4.79 Å². The number of carbonyl (C=O) groups excluding carboxylic acids is 1. The fourth-order valence-corrected chi connectivity index (χ4v) is 3.00. The first-order valence-electron chi connectivity index (χ1n) is 8.24. The maximum Gasteiger partial charge on any atom is 0.253 e. The number of likely N-dealkylation sites (tertiary alicyclic amines) is 1. The Labute approximate surface area is 137 Å². The van der Waals surface area contributed by atoms with E-state index in [0.717, 1.165) is 24.9 Å². The van der Waals surface area contributed by atoms with Crippen LogP contribution in [0.3, 0.4) is 0 Å². The molecule has 0 aliphatic carbocycles. The number of hydrogen-bond donors (Lipinski definition) is 0. The molecule has 1 atom stereocenters. The van der Waals surface area contributed by atoms with E-state index in [1.165, 1.54) is 11.1 Å². The quantitative estimate of drug-likeness (QED) is 0.859. The van der Waals surface area contributed by atoms with Crippen molar-refractivity contribution in [3.63, 3.8) is 0 Å². The zero-order chi connectivity index (χ0) is 16.1. The highest BCUT2D eigenvalue weighted by atomic mass is 16.5. The van der Waals surface area contributed by atoms with Gasteiger partial charge in [-0.05, 0) is 43.0 Å². The fraction of sp³-hybridized carbons (Fsp3) is 0.350. The molecular formula is C20H23NO2. The molecule has 3 rings (SSSR count). The van der Waals surface area contributed by atoms with Crippen molar-refractivity contribution >= 4 is 5.91 Å². The average Bonchev–Trinajstić information content (AvgIpc) is 2.61. The van der Waals surface area contributed by atoms with Crippen molar-refractivity contribution in [1.29, 1.82) is 0 Å².